The van der Waals surface area contributed by atoms with Crippen LogP contribution in [0.5, 0.6) is 5.75 Å². The van der Waals surface area contributed by atoms with Gasteiger partial charge in [-0.15, -0.1) is 5.92 Å². The van der Waals surface area contributed by atoms with Crippen LogP contribution in [0.2, 0.25) is 0 Å². The third-order valence-corrected chi connectivity index (χ3v) is 2.14. The van der Waals surface area contributed by atoms with Gasteiger partial charge in [-0.05, 0) is 31.0 Å². The number of benzene rings is 1. The molecule has 1 aromatic rings. The van der Waals surface area contributed by atoms with Crippen molar-refractivity contribution in [2.75, 3.05) is 6.61 Å². The van der Waals surface area contributed by atoms with Crippen LogP contribution in [0.25, 0.3) is 0 Å². The maximum Gasteiger partial charge on any atom is 0.149 e. The topological polar surface area (TPSA) is 29.5 Å². The summed E-state index contributed by atoms with van der Waals surface area (Å²) in [7, 11) is 0. The van der Waals surface area contributed by atoms with Gasteiger partial charge in [0.25, 0.3) is 0 Å². The Morgan fingerprint density at radius 3 is 2.53 bits per heavy atom. The molecule has 0 aliphatic heterocycles. The van der Waals surface area contributed by atoms with E-state index in [0.717, 1.165) is 17.7 Å². The summed E-state index contributed by atoms with van der Waals surface area (Å²) in [6.45, 7) is 4.14. The van der Waals surface area contributed by atoms with E-state index in [1.165, 1.54) is 0 Å². The molecule has 1 aromatic carbocycles. The predicted octanol–water partition coefficient (Wildman–Crippen LogP) is 2.53. The fraction of sp³-hybridized carbons (Fsp3) is 0.385. The van der Waals surface area contributed by atoms with Gasteiger partial charge in [0.15, 0.2) is 0 Å². The van der Waals surface area contributed by atoms with Gasteiger partial charge in [-0.3, -0.25) is 0 Å². The standard InChI is InChI=1S/C13H16O2/c1-3-5-10-15-12-8-6-11(7-9-12)13(14)4-2/h6-9,13-14H,4,10H2,1-2H3/t13-/m0/s1. The Labute approximate surface area is 90.9 Å². The molecule has 0 unspecified atom stereocenters. The third kappa shape index (κ3) is 3.65. The zero-order chi connectivity index (χ0) is 11.1. The van der Waals surface area contributed by atoms with Crippen LogP contribution in [0, 0.1) is 11.8 Å². The molecule has 0 aromatic heterocycles. The molecule has 0 heterocycles. The van der Waals surface area contributed by atoms with Crippen molar-refractivity contribution in [1.82, 2.24) is 0 Å². The Bertz CT molecular complexity index is 343. The average molecular weight is 204 g/mol. The van der Waals surface area contributed by atoms with Gasteiger partial charge in [0.2, 0.25) is 0 Å². The maximum absolute atomic E-state index is 9.57. The molecule has 1 rings (SSSR count). The van der Waals surface area contributed by atoms with Crippen molar-refractivity contribution in [2.45, 2.75) is 26.4 Å². The van der Waals surface area contributed by atoms with Crippen molar-refractivity contribution < 1.29 is 9.84 Å². The summed E-state index contributed by atoms with van der Waals surface area (Å²) in [4.78, 5) is 0. The Hall–Kier alpha value is -1.46. The molecule has 0 bridgehead atoms. The Morgan fingerprint density at radius 2 is 2.00 bits per heavy atom. The highest BCUT2D eigenvalue weighted by Crippen LogP contribution is 2.19. The second kappa shape index (κ2) is 6.10. The molecule has 0 aliphatic rings. The van der Waals surface area contributed by atoms with E-state index in [0.29, 0.717) is 6.61 Å². The van der Waals surface area contributed by atoms with E-state index in [2.05, 4.69) is 11.8 Å². The van der Waals surface area contributed by atoms with E-state index < -0.39 is 0 Å². The van der Waals surface area contributed by atoms with Gasteiger partial charge in [-0.25, -0.2) is 0 Å². The number of hydrogen-bond acceptors (Lipinski definition) is 2. The first kappa shape index (κ1) is 11.6. The molecule has 0 fully saturated rings. The SMILES string of the molecule is CC#CCOc1ccc([C@@H](O)CC)cc1. The van der Waals surface area contributed by atoms with Crippen LogP contribution in [0.4, 0.5) is 0 Å². The van der Waals surface area contributed by atoms with Gasteiger partial charge >= 0.3 is 0 Å². The minimum atomic E-state index is -0.380. The molecule has 80 valence electrons. The minimum Gasteiger partial charge on any atom is -0.481 e. The normalized spacial score (nSPS) is 11.4. The predicted molar refractivity (Wildman–Crippen MR) is 60.6 cm³/mol. The molecule has 0 amide bonds. The second-order valence-electron chi connectivity index (χ2n) is 3.21. The summed E-state index contributed by atoms with van der Waals surface area (Å²) in [5.74, 6) is 6.37. The number of hydrogen-bond donors (Lipinski definition) is 1. The van der Waals surface area contributed by atoms with Crippen molar-refractivity contribution in [3.8, 4) is 17.6 Å². The molecule has 2 heteroatoms. The van der Waals surface area contributed by atoms with Crippen LogP contribution in [-0.4, -0.2) is 11.7 Å². The minimum absolute atomic E-state index is 0.380. The molecule has 0 aliphatic carbocycles. The molecular formula is C13H16O2. The molecule has 2 nitrogen and oxygen atoms in total. The number of ether oxygens (including phenoxy) is 1. The maximum atomic E-state index is 9.57. The second-order valence-corrected chi connectivity index (χ2v) is 3.21. The van der Waals surface area contributed by atoms with E-state index >= 15 is 0 Å². The number of rotatable bonds is 4. The van der Waals surface area contributed by atoms with Crippen molar-refractivity contribution in [2.24, 2.45) is 0 Å². The lowest BCUT2D eigenvalue weighted by atomic mass is 10.1. The van der Waals surface area contributed by atoms with Crippen LogP contribution < -0.4 is 4.74 Å². The lowest BCUT2D eigenvalue weighted by Gasteiger charge is -2.08. The molecule has 0 radical (unpaired) electrons. The van der Waals surface area contributed by atoms with Crippen LogP contribution in [-0.2, 0) is 0 Å². The van der Waals surface area contributed by atoms with E-state index in [-0.39, 0.29) is 6.10 Å². The highest BCUT2D eigenvalue weighted by atomic mass is 16.5. The van der Waals surface area contributed by atoms with Crippen molar-refractivity contribution in [3.05, 3.63) is 29.8 Å². The fourth-order valence-corrected chi connectivity index (χ4v) is 1.21. The Balaban J connectivity index is 2.58. The van der Waals surface area contributed by atoms with Crippen LogP contribution in [0.1, 0.15) is 31.9 Å². The average Bonchev–Trinajstić information content (AvgIpc) is 2.29. The van der Waals surface area contributed by atoms with Gasteiger partial charge in [-0.2, -0.15) is 0 Å². The third-order valence-electron chi connectivity index (χ3n) is 2.14. The highest BCUT2D eigenvalue weighted by Gasteiger charge is 2.03. The quantitative estimate of drug-likeness (QED) is 0.764. The first-order valence-electron chi connectivity index (χ1n) is 5.08. The van der Waals surface area contributed by atoms with Crippen molar-refractivity contribution in [1.29, 1.82) is 0 Å². The van der Waals surface area contributed by atoms with Crippen LogP contribution in [0.3, 0.4) is 0 Å². The largest absolute Gasteiger partial charge is 0.481 e. The Morgan fingerprint density at radius 1 is 1.33 bits per heavy atom. The highest BCUT2D eigenvalue weighted by molar-refractivity contribution is 5.28. The van der Waals surface area contributed by atoms with Crippen LogP contribution in [0.15, 0.2) is 24.3 Å². The summed E-state index contributed by atoms with van der Waals surface area (Å²) < 4.78 is 5.36. The molecule has 1 N–H and O–H groups in total. The van der Waals surface area contributed by atoms with Crippen LogP contribution >= 0.6 is 0 Å². The van der Waals surface area contributed by atoms with Crippen molar-refractivity contribution >= 4 is 0 Å². The van der Waals surface area contributed by atoms with E-state index in [4.69, 9.17) is 4.74 Å². The van der Waals surface area contributed by atoms with Gasteiger partial charge in [0, 0.05) is 0 Å². The number of aliphatic hydroxyl groups excluding tert-OH is 1. The van der Waals surface area contributed by atoms with Gasteiger partial charge < -0.3 is 9.84 Å². The summed E-state index contributed by atoms with van der Waals surface area (Å²) in [5.41, 5.74) is 0.923. The van der Waals surface area contributed by atoms with Crippen molar-refractivity contribution in [3.63, 3.8) is 0 Å². The van der Waals surface area contributed by atoms with E-state index in [1.54, 1.807) is 6.92 Å². The molecule has 1 atom stereocenters. The first-order valence-corrected chi connectivity index (χ1v) is 5.08. The Kier molecular flexibility index (Phi) is 4.73. The summed E-state index contributed by atoms with van der Waals surface area (Å²) in [5, 5.41) is 9.57. The van der Waals surface area contributed by atoms with Gasteiger partial charge in [0.1, 0.15) is 12.4 Å². The molecule has 0 saturated heterocycles. The fourth-order valence-electron chi connectivity index (χ4n) is 1.21. The summed E-state index contributed by atoms with van der Waals surface area (Å²) >= 11 is 0. The van der Waals surface area contributed by atoms with E-state index in [9.17, 15) is 5.11 Å². The zero-order valence-electron chi connectivity index (χ0n) is 9.16. The van der Waals surface area contributed by atoms with Gasteiger partial charge in [0.05, 0.1) is 6.10 Å². The molecular weight excluding hydrogens is 188 g/mol. The smallest absolute Gasteiger partial charge is 0.149 e. The lowest BCUT2D eigenvalue weighted by molar-refractivity contribution is 0.173. The summed E-state index contributed by atoms with van der Waals surface area (Å²) in [6, 6.07) is 7.46. The van der Waals surface area contributed by atoms with E-state index in [1.807, 2.05) is 31.2 Å². The monoisotopic (exact) mass is 204 g/mol. The zero-order valence-corrected chi connectivity index (χ0v) is 9.16. The van der Waals surface area contributed by atoms with Gasteiger partial charge in [-0.1, -0.05) is 25.0 Å². The number of aliphatic hydroxyl groups is 1. The lowest BCUT2D eigenvalue weighted by Crippen LogP contribution is -1.96. The molecule has 0 spiro atoms. The molecule has 15 heavy (non-hydrogen) atoms. The first-order chi connectivity index (χ1) is 7.27. The summed E-state index contributed by atoms with van der Waals surface area (Å²) in [6.07, 6.45) is 0.344. The molecule has 0 saturated carbocycles.